The molecule has 1 aromatic carbocycles. The number of benzene rings is 1. The predicted octanol–water partition coefficient (Wildman–Crippen LogP) is 3.92. The number of nitrogens with zero attached hydrogens (tertiary/aromatic N) is 2. The summed E-state index contributed by atoms with van der Waals surface area (Å²) in [7, 11) is 1.57. The molecule has 0 saturated heterocycles. The molecule has 3 amide bonds. The van der Waals surface area contributed by atoms with Gasteiger partial charge < -0.3 is 10.6 Å². The highest BCUT2D eigenvalue weighted by Gasteiger charge is 2.28. The van der Waals surface area contributed by atoms with Gasteiger partial charge in [-0.3, -0.25) is 4.79 Å². The quantitative estimate of drug-likeness (QED) is 0.831. The Morgan fingerprint density at radius 3 is 2.57 bits per heavy atom. The highest BCUT2D eigenvalue weighted by molar-refractivity contribution is 6.03. The lowest BCUT2D eigenvalue weighted by atomic mass is 9.79. The lowest BCUT2D eigenvalue weighted by molar-refractivity contribution is -0.131. The molecule has 3 rings (SSSR count). The summed E-state index contributed by atoms with van der Waals surface area (Å²) in [6, 6.07) is 7.26. The van der Waals surface area contributed by atoms with Gasteiger partial charge in [0.15, 0.2) is 0 Å². The van der Waals surface area contributed by atoms with E-state index in [2.05, 4.69) is 48.7 Å². The van der Waals surface area contributed by atoms with Gasteiger partial charge in [-0.2, -0.15) is 5.10 Å². The second-order valence-electron chi connectivity index (χ2n) is 7.56. The summed E-state index contributed by atoms with van der Waals surface area (Å²) < 4.78 is 0. The molecule has 0 radical (unpaired) electrons. The number of amides is 3. The van der Waals surface area contributed by atoms with Crippen LogP contribution in [0.15, 0.2) is 52.7 Å². The first-order valence-electron chi connectivity index (χ1n) is 9.71. The van der Waals surface area contributed by atoms with Crippen LogP contribution >= 0.6 is 0 Å². The van der Waals surface area contributed by atoms with E-state index in [0.717, 1.165) is 17.7 Å². The third kappa shape index (κ3) is 4.50. The van der Waals surface area contributed by atoms with Crippen LogP contribution in [0.2, 0.25) is 0 Å². The van der Waals surface area contributed by atoms with Gasteiger partial charge in [-0.25, -0.2) is 9.80 Å². The molecule has 28 heavy (non-hydrogen) atoms. The maximum atomic E-state index is 12.8. The number of rotatable bonds is 4. The van der Waals surface area contributed by atoms with Gasteiger partial charge in [0, 0.05) is 25.6 Å². The molecule has 1 aliphatic carbocycles. The van der Waals surface area contributed by atoms with Gasteiger partial charge in [0.1, 0.15) is 0 Å². The van der Waals surface area contributed by atoms with E-state index < -0.39 is 0 Å². The maximum Gasteiger partial charge on any atom is 0.318 e. The zero-order chi connectivity index (χ0) is 20.3. The maximum absolute atomic E-state index is 12.8. The van der Waals surface area contributed by atoms with Crippen molar-refractivity contribution in [1.82, 2.24) is 10.3 Å². The fourth-order valence-corrected chi connectivity index (χ4v) is 3.88. The monoisotopic (exact) mass is 380 g/mol. The second-order valence-corrected chi connectivity index (χ2v) is 7.56. The van der Waals surface area contributed by atoms with E-state index in [4.69, 9.17) is 0 Å². The molecular weight excluding hydrogens is 352 g/mol. The van der Waals surface area contributed by atoms with E-state index in [1.165, 1.54) is 11.1 Å². The third-order valence-electron chi connectivity index (χ3n) is 5.39. The van der Waals surface area contributed by atoms with E-state index in [-0.39, 0.29) is 17.9 Å². The summed E-state index contributed by atoms with van der Waals surface area (Å²) in [5, 5.41) is 11.4. The van der Waals surface area contributed by atoms with Gasteiger partial charge >= 0.3 is 6.03 Å². The number of allylic oxidation sites excluding steroid dienone is 4. The number of urea groups is 1. The van der Waals surface area contributed by atoms with Crippen LogP contribution in [0.3, 0.4) is 0 Å². The van der Waals surface area contributed by atoms with Crippen molar-refractivity contribution in [3.63, 3.8) is 0 Å². The van der Waals surface area contributed by atoms with Gasteiger partial charge in [-0.1, -0.05) is 42.4 Å². The lowest BCUT2D eigenvalue weighted by Gasteiger charge is -2.27. The minimum Gasteiger partial charge on any atom is -0.341 e. The first-order chi connectivity index (χ1) is 13.4. The molecule has 2 aliphatic rings. The molecule has 1 heterocycles. The molecule has 0 spiro atoms. The largest absolute Gasteiger partial charge is 0.341 e. The van der Waals surface area contributed by atoms with Crippen LogP contribution in [-0.2, 0) is 4.79 Å². The second kappa shape index (κ2) is 8.42. The molecule has 0 bridgehead atoms. The van der Waals surface area contributed by atoms with Crippen molar-refractivity contribution in [2.24, 2.45) is 16.9 Å². The Morgan fingerprint density at radius 1 is 1.21 bits per heavy atom. The smallest absolute Gasteiger partial charge is 0.318 e. The molecule has 1 aliphatic heterocycles. The highest BCUT2D eigenvalue weighted by Crippen LogP contribution is 2.32. The van der Waals surface area contributed by atoms with Crippen LogP contribution in [0.1, 0.15) is 39.2 Å². The number of carbonyl (C=O) groups excluding carboxylic acids is 2. The van der Waals surface area contributed by atoms with Crippen molar-refractivity contribution in [3.05, 3.63) is 53.1 Å². The van der Waals surface area contributed by atoms with E-state index in [1.54, 1.807) is 12.1 Å². The summed E-state index contributed by atoms with van der Waals surface area (Å²) in [6.07, 6.45) is 5.63. The summed E-state index contributed by atoms with van der Waals surface area (Å²) in [5.41, 5.74) is 5.12. The fraction of sp³-hybridized carbons (Fsp3) is 0.409. The molecule has 2 N–H and O–H groups in total. The van der Waals surface area contributed by atoms with E-state index in [9.17, 15) is 9.59 Å². The average molecular weight is 380 g/mol. The Bertz CT molecular complexity index is 852. The molecule has 6 heteroatoms. The zero-order valence-electron chi connectivity index (χ0n) is 17.0. The number of hydrogen-bond acceptors (Lipinski definition) is 3. The van der Waals surface area contributed by atoms with Crippen molar-refractivity contribution in [2.75, 3.05) is 18.9 Å². The van der Waals surface area contributed by atoms with Crippen LogP contribution in [0.25, 0.3) is 0 Å². The summed E-state index contributed by atoms with van der Waals surface area (Å²) in [5.74, 6) is 0.677. The Hall–Kier alpha value is -2.89. The van der Waals surface area contributed by atoms with Crippen LogP contribution in [0.5, 0.6) is 0 Å². The number of carbonyl (C=O) groups is 2. The summed E-state index contributed by atoms with van der Waals surface area (Å²) in [4.78, 5) is 24.2. The zero-order valence-corrected chi connectivity index (χ0v) is 17.0. The van der Waals surface area contributed by atoms with Gasteiger partial charge in [0.05, 0.1) is 12.3 Å². The van der Waals surface area contributed by atoms with Crippen LogP contribution in [0.4, 0.5) is 10.5 Å². The molecule has 6 nitrogen and oxygen atoms in total. The van der Waals surface area contributed by atoms with Crippen molar-refractivity contribution < 1.29 is 9.59 Å². The van der Waals surface area contributed by atoms with Gasteiger partial charge in [0.25, 0.3) is 0 Å². The standard InChI is InChI=1S/C22H28N4O2/c1-14-11-15(2)19(16(3)12-14)13-21(27)26-10-9-20(25-26)17-5-7-18(8-6-17)24-22(28)23-4/h5-8,11-12,15,19H,9-10,13H2,1-4H3,(H2,23,24,28). The van der Waals surface area contributed by atoms with Gasteiger partial charge in [0.2, 0.25) is 5.91 Å². The molecule has 1 aromatic rings. The Balaban J connectivity index is 1.64. The molecule has 0 fully saturated rings. The highest BCUT2D eigenvalue weighted by atomic mass is 16.2. The molecule has 2 unspecified atom stereocenters. The SMILES string of the molecule is CNC(=O)Nc1ccc(C2=NN(C(=O)CC3C(C)=CC(C)=CC3C)CC2)cc1. The minimum absolute atomic E-state index is 0.0745. The normalized spacial score (nSPS) is 21.6. The molecule has 0 saturated carbocycles. The summed E-state index contributed by atoms with van der Waals surface area (Å²) >= 11 is 0. The molecule has 148 valence electrons. The topological polar surface area (TPSA) is 73.8 Å². The van der Waals surface area contributed by atoms with E-state index in [0.29, 0.717) is 24.6 Å². The number of hydrogen-bond donors (Lipinski definition) is 2. The molecule has 2 atom stereocenters. The average Bonchev–Trinajstić information content (AvgIpc) is 3.15. The lowest BCUT2D eigenvalue weighted by Crippen LogP contribution is -2.28. The number of hydrazone groups is 1. The van der Waals surface area contributed by atoms with Crippen molar-refractivity contribution in [3.8, 4) is 0 Å². The minimum atomic E-state index is -0.256. The number of nitrogens with one attached hydrogen (secondary N) is 2. The third-order valence-corrected chi connectivity index (χ3v) is 5.39. The first kappa shape index (κ1) is 19.9. The van der Waals surface area contributed by atoms with Crippen molar-refractivity contribution in [1.29, 1.82) is 0 Å². The van der Waals surface area contributed by atoms with Crippen LogP contribution < -0.4 is 10.6 Å². The Labute approximate surface area is 166 Å². The Morgan fingerprint density at radius 2 is 1.93 bits per heavy atom. The first-order valence-corrected chi connectivity index (χ1v) is 9.71. The van der Waals surface area contributed by atoms with Crippen molar-refractivity contribution >= 4 is 23.3 Å². The predicted molar refractivity (Wildman–Crippen MR) is 112 cm³/mol. The summed E-state index contributed by atoms with van der Waals surface area (Å²) in [6.45, 7) is 7.00. The van der Waals surface area contributed by atoms with E-state index in [1.807, 2.05) is 24.3 Å². The van der Waals surface area contributed by atoms with Gasteiger partial charge in [-0.05, 0) is 43.4 Å². The van der Waals surface area contributed by atoms with E-state index >= 15 is 0 Å². The molecule has 0 aromatic heterocycles. The number of anilines is 1. The Kier molecular flexibility index (Phi) is 5.97. The van der Waals surface area contributed by atoms with Crippen molar-refractivity contribution in [2.45, 2.75) is 33.6 Å². The fourth-order valence-electron chi connectivity index (χ4n) is 3.88. The van der Waals surface area contributed by atoms with Gasteiger partial charge in [-0.15, -0.1) is 0 Å². The molecular formula is C22H28N4O2. The van der Waals surface area contributed by atoms with Crippen LogP contribution in [-0.4, -0.2) is 36.3 Å². The van der Waals surface area contributed by atoms with Crippen LogP contribution in [0, 0.1) is 11.8 Å².